The molecule has 0 bridgehead atoms. The van der Waals surface area contributed by atoms with Gasteiger partial charge in [-0.15, -0.1) is 0 Å². The van der Waals surface area contributed by atoms with Gasteiger partial charge in [0.05, 0.1) is 0 Å². The molecule has 0 aliphatic rings. The Morgan fingerprint density at radius 2 is 2.00 bits per heavy atom. The Morgan fingerprint density at radius 1 is 1.33 bits per heavy atom. The van der Waals surface area contributed by atoms with Gasteiger partial charge < -0.3 is 0 Å². The number of rotatable bonds is 1. The highest BCUT2D eigenvalue weighted by Gasteiger charge is 1.94. The molecule has 9 heavy (non-hydrogen) atoms. The average Bonchev–Trinajstić information content (AvgIpc) is 1.89. The molecule has 0 aliphatic heterocycles. The monoisotopic (exact) mass is 141 g/mol. The van der Waals surface area contributed by atoms with E-state index < -0.39 is 0 Å². The van der Waals surface area contributed by atoms with Gasteiger partial charge >= 0.3 is 0 Å². The molecular formula is C7H6ClO. The van der Waals surface area contributed by atoms with Gasteiger partial charge in [0, 0.05) is 5.02 Å². The molecule has 0 aromatic heterocycles. The summed E-state index contributed by atoms with van der Waals surface area (Å²) < 4.78 is 0. The summed E-state index contributed by atoms with van der Waals surface area (Å²) in [5, 5.41) is 10.8. The summed E-state index contributed by atoms with van der Waals surface area (Å²) in [6, 6.07) is 7.06. The van der Waals surface area contributed by atoms with Crippen molar-refractivity contribution >= 4 is 11.6 Å². The lowest BCUT2D eigenvalue weighted by Gasteiger charge is -1.94. The van der Waals surface area contributed by atoms with Crippen LogP contribution in [0.2, 0.25) is 5.02 Å². The first-order valence-corrected chi connectivity index (χ1v) is 3.04. The van der Waals surface area contributed by atoms with Gasteiger partial charge in [-0.25, -0.2) is 5.11 Å². The second-order valence-electron chi connectivity index (χ2n) is 1.74. The molecule has 0 aliphatic carbocycles. The maximum atomic E-state index is 10.3. The van der Waals surface area contributed by atoms with Gasteiger partial charge in [0.2, 0.25) is 0 Å². The maximum absolute atomic E-state index is 10.3. The van der Waals surface area contributed by atoms with Crippen molar-refractivity contribution in [3.63, 3.8) is 0 Å². The highest BCUT2D eigenvalue weighted by Crippen LogP contribution is 2.13. The van der Waals surface area contributed by atoms with Crippen LogP contribution in [-0.4, -0.2) is 0 Å². The molecule has 1 aromatic carbocycles. The molecule has 0 N–H and O–H groups in total. The molecule has 0 unspecified atom stereocenters. The molecule has 0 fully saturated rings. The van der Waals surface area contributed by atoms with Crippen molar-refractivity contribution in [3.8, 4) is 0 Å². The Kier molecular flexibility index (Phi) is 2.09. The molecule has 0 spiro atoms. The normalized spacial score (nSPS) is 9.56. The lowest BCUT2D eigenvalue weighted by Crippen LogP contribution is -1.80. The average molecular weight is 142 g/mol. The van der Waals surface area contributed by atoms with E-state index in [1.54, 1.807) is 18.2 Å². The largest absolute Gasteiger partial charge is 0.232 e. The highest BCUT2D eigenvalue weighted by atomic mass is 35.5. The summed E-state index contributed by atoms with van der Waals surface area (Å²) in [7, 11) is 0. The van der Waals surface area contributed by atoms with E-state index in [4.69, 9.17) is 11.6 Å². The summed E-state index contributed by atoms with van der Waals surface area (Å²) in [5.41, 5.74) is 0.666. The minimum absolute atomic E-state index is 0.236. The summed E-state index contributed by atoms with van der Waals surface area (Å²) in [6.45, 7) is -0.236. The highest BCUT2D eigenvalue weighted by molar-refractivity contribution is 6.31. The second-order valence-corrected chi connectivity index (χ2v) is 2.14. The van der Waals surface area contributed by atoms with Crippen molar-refractivity contribution in [1.29, 1.82) is 0 Å². The van der Waals surface area contributed by atoms with Crippen molar-refractivity contribution < 1.29 is 5.11 Å². The molecule has 1 rings (SSSR count). The molecule has 0 amide bonds. The Bertz CT molecular complexity index is 198. The molecule has 0 saturated heterocycles. The number of halogens is 1. The Morgan fingerprint density at radius 3 is 2.44 bits per heavy atom. The van der Waals surface area contributed by atoms with Gasteiger partial charge in [-0.1, -0.05) is 29.8 Å². The minimum Gasteiger partial charge on any atom is -0.232 e. The summed E-state index contributed by atoms with van der Waals surface area (Å²) in [5.74, 6) is 0. The maximum Gasteiger partial charge on any atom is 0.109 e. The lowest BCUT2D eigenvalue weighted by atomic mass is 10.2. The van der Waals surface area contributed by atoms with E-state index in [9.17, 15) is 5.11 Å². The van der Waals surface area contributed by atoms with Crippen LogP contribution < -0.4 is 0 Å². The first kappa shape index (κ1) is 6.59. The number of hydrogen-bond donors (Lipinski definition) is 0. The molecule has 1 nitrogen and oxygen atoms in total. The van der Waals surface area contributed by atoms with E-state index in [0.717, 1.165) is 0 Å². The molecule has 0 atom stereocenters. The van der Waals surface area contributed by atoms with Gasteiger partial charge in [0.1, 0.15) is 6.61 Å². The smallest absolute Gasteiger partial charge is 0.109 e. The van der Waals surface area contributed by atoms with E-state index in [2.05, 4.69) is 0 Å². The fourth-order valence-electron chi connectivity index (χ4n) is 0.615. The fraction of sp³-hybridized carbons (Fsp3) is 0.143. The zero-order valence-corrected chi connectivity index (χ0v) is 5.56. The van der Waals surface area contributed by atoms with Crippen LogP contribution in [0.4, 0.5) is 0 Å². The zero-order chi connectivity index (χ0) is 6.69. The van der Waals surface area contributed by atoms with Crippen LogP contribution in [0.15, 0.2) is 24.3 Å². The first-order valence-electron chi connectivity index (χ1n) is 2.66. The standard InChI is InChI=1S/C7H6ClO/c8-7-4-2-1-3-6(7)5-9/h1-4H,5H2. The Hall–Kier alpha value is -0.530. The van der Waals surface area contributed by atoms with Gasteiger partial charge in [-0.05, 0) is 11.6 Å². The van der Waals surface area contributed by atoms with Gasteiger partial charge in [-0.3, -0.25) is 0 Å². The Labute approximate surface area is 58.9 Å². The summed E-state index contributed by atoms with van der Waals surface area (Å²) in [6.07, 6.45) is 0. The number of benzene rings is 1. The van der Waals surface area contributed by atoms with E-state index in [1.807, 2.05) is 6.07 Å². The zero-order valence-electron chi connectivity index (χ0n) is 4.80. The van der Waals surface area contributed by atoms with Crippen LogP contribution in [0, 0.1) is 0 Å². The van der Waals surface area contributed by atoms with Crippen LogP contribution in [0.5, 0.6) is 0 Å². The molecular weight excluding hydrogens is 136 g/mol. The molecule has 2 heteroatoms. The molecule has 47 valence electrons. The predicted octanol–water partition coefficient (Wildman–Crippen LogP) is 2.27. The minimum atomic E-state index is -0.236. The van der Waals surface area contributed by atoms with Crippen molar-refractivity contribution in [3.05, 3.63) is 34.9 Å². The van der Waals surface area contributed by atoms with Crippen molar-refractivity contribution in [2.45, 2.75) is 6.61 Å². The second kappa shape index (κ2) is 2.85. The van der Waals surface area contributed by atoms with Gasteiger partial charge in [0.15, 0.2) is 0 Å². The third-order valence-electron chi connectivity index (χ3n) is 1.11. The van der Waals surface area contributed by atoms with Crippen molar-refractivity contribution in [2.75, 3.05) is 0 Å². The molecule has 0 heterocycles. The topological polar surface area (TPSA) is 19.9 Å². The van der Waals surface area contributed by atoms with Crippen molar-refractivity contribution in [2.24, 2.45) is 0 Å². The van der Waals surface area contributed by atoms with Gasteiger partial charge in [0.25, 0.3) is 0 Å². The number of hydrogen-bond acceptors (Lipinski definition) is 0. The fourth-order valence-corrected chi connectivity index (χ4v) is 0.806. The summed E-state index contributed by atoms with van der Waals surface area (Å²) >= 11 is 5.62. The van der Waals surface area contributed by atoms with Crippen LogP contribution in [-0.2, 0) is 11.7 Å². The quantitative estimate of drug-likeness (QED) is 0.572. The van der Waals surface area contributed by atoms with Gasteiger partial charge in [-0.2, -0.15) is 0 Å². The van der Waals surface area contributed by atoms with Crippen LogP contribution in [0.3, 0.4) is 0 Å². The SMILES string of the molecule is [O]Cc1ccccc1Cl. The third-order valence-corrected chi connectivity index (χ3v) is 1.48. The van der Waals surface area contributed by atoms with Crippen LogP contribution >= 0.6 is 11.6 Å². The van der Waals surface area contributed by atoms with Crippen molar-refractivity contribution in [1.82, 2.24) is 0 Å². The first-order chi connectivity index (χ1) is 4.34. The van der Waals surface area contributed by atoms with E-state index in [1.165, 1.54) is 0 Å². The molecule has 1 aromatic rings. The van der Waals surface area contributed by atoms with E-state index in [-0.39, 0.29) is 6.61 Å². The molecule has 1 radical (unpaired) electrons. The Balaban J connectivity index is 3.01. The summed E-state index contributed by atoms with van der Waals surface area (Å²) in [4.78, 5) is 0. The third kappa shape index (κ3) is 1.44. The lowest BCUT2D eigenvalue weighted by molar-refractivity contribution is 0.177. The predicted molar refractivity (Wildman–Crippen MR) is 35.8 cm³/mol. The van der Waals surface area contributed by atoms with E-state index >= 15 is 0 Å². The molecule has 0 saturated carbocycles. The van der Waals surface area contributed by atoms with E-state index in [0.29, 0.717) is 10.6 Å². The van der Waals surface area contributed by atoms with Crippen LogP contribution in [0.1, 0.15) is 5.56 Å². The van der Waals surface area contributed by atoms with Crippen LogP contribution in [0.25, 0.3) is 0 Å².